The molecule has 3 aromatic heterocycles. The number of aromatic amines is 1. The van der Waals surface area contributed by atoms with Gasteiger partial charge in [-0.1, -0.05) is 23.5 Å². The molecule has 0 spiro atoms. The molecular formula is C21H20N6O2S3. The van der Waals surface area contributed by atoms with E-state index in [0.717, 1.165) is 21.3 Å². The molecule has 2 N–H and O–H groups in total. The molecule has 0 saturated carbocycles. The summed E-state index contributed by atoms with van der Waals surface area (Å²) >= 11 is 8.20. The highest BCUT2D eigenvalue weighted by atomic mass is 32.1. The van der Waals surface area contributed by atoms with Gasteiger partial charge in [-0.3, -0.25) is 19.8 Å². The first kappa shape index (κ1) is 22.1. The number of rotatable bonds is 8. The van der Waals surface area contributed by atoms with Crippen LogP contribution in [0.5, 0.6) is 5.75 Å². The summed E-state index contributed by atoms with van der Waals surface area (Å²) < 4.78 is 8.12. The van der Waals surface area contributed by atoms with Crippen molar-refractivity contribution in [2.24, 2.45) is 0 Å². The van der Waals surface area contributed by atoms with E-state index in [2.05, 4.69) is 32.1 Å². The summed E-state index contributed by atoms with van der Waals surface area (Å²) in [5.74, 6) is 0.988. The maximum atomic E-state index is 12.8. The van der Waals surface area contributed by atoms with Crippen molar-refractivity contribution in [3.05, 3.63) is 69.0 Å². The van der Waals surface area contributed by atoms with Gasteiger partial charge in [0.15, 0.2) is 15.7 Å². The maximum absolute atomic E-state index is 12.8. The van der Waals surface area contributed by atoms with E-state index in [0.29, 0.717) is 40.2 Å². The number of ether oxygens (including phenoxy) is 1. The third-order valence-electron chi connectivity index (χ3n) is 4.44. The van der Waals surface area contributed by atoms with Crippen LogP contribution in [-0.2, 0) is 13.2 Å². The molecule has 0 bridgehead atoms. The quantitative estimate of drug-likeness (QED) is 0.265. The summed E-state index contributed by atoms with van der Waals surface area (Å²) in [5.41, 5.74) is 2.09. The van der Waals surface area contributed by atoms with Gasteiger partial charge in [0.1, 0.15) is 12.4 Å². The number of nitrogens with one attached hydrogen (secondary N) is 2. The number of carbonyl (C=O) groups excluding carboxylic acids is 1. The van der Waals surface area contributed by atoms with Crippen LogP contribution in [0.4, 0.5) is 5.13 Å². The van der Waals surface area contributed by atoms with E-state index in [-0.39, 0.29) is 5.91 Å². The molecule has 1 aromatic carbocycles. The molecule has 0 saturated heterocycles. The van der Waals surface area contributed by atoms with Crippen LogP contribution in [0.2, 0.25) is 0 Å². The van der Waals surface area contributed by atoms with Crippen LogP contribution in [-0.4, -0.2) is 30.6 Å². The summed E-state index contributed by atoms with van der Waals surface area (Å²) in [6.45, 7) is 8.45. The van der Waals surface area contributed by atoms with Crippen LogP contribution in [0.15, 0.2) is 42.3 Å². The Morgan fingerprint density at radius 3 is 2.97 bits per heavy atom. The van der Waals surface area contributed by atoms with Crippen LogP contribution in [0.3, 0.4) is 0 Å². The highest BCUT2D eigenvalue weighted by Gasteiger charge is 2.18. The highest BCUT2D eigenvalue weighted by molar-refractivity contribution is 7.71. The van der Waals surface area contributed by atoms with Gasteiger partial charge in [0, 0.05) is 17.5 Å². The lowest BCUT2D eigenvalue weighted by Crippen LogP contribution is -2.11. The number of hydrogen-bond donors (Lipinski definition) is 2. The molecule has 0 aliphatic rings. The van der Waals surface area contributed by atoms with Gasteiger partial charge in [-0.25, -0.2) is 9.97 Å². The Bertz CT molecular complexity index is 1330. The normalized spacial score (nSPS) is 10.8. The van der Waals surface area contributed by atoms with Gasteiger partial charge in [0.05, 0.1) is 21.3 Å². The number of anilines is 1. The average molecular weight is 485 g/mol. The molecule has 0 unspecified atom stereocenters. The highest BCUT2D eigenvalue weighted by Crippen LogP contribution is 2.32. The van der Waals surface area contributed by atoms with Crippen molar-refractivity contribution < 1.29 is 9.53 Å². The van der Waals surface area contributed by atoms with E-state index >= 15 is 0 Å². The largest absolute Gasteiger partial charge is 0.487 e. The van der Waals surface area contributed by atoms with Crippen molar-refractivity contribution in [1.82, 2.24) is 24.7 Å². The summed E-state index contributed by atoms with van der Waals surface area (Å²) in [7, 11) is 0. The minimum absolute atomic E-state index is 0.273. The molecule has 0 aliphatic heterocycles. The van der Waals surface area contributed by atoms with Gasteiger partial charge >= 0.3 is 0 Å². The van der Waals surface area contributed by atoms with Crippen molar-refractivity contribution in [1.29, 1.82) is 0 Å². The van der Waals surface area contributed by atoms with Crippen LogP contribution in [0, 0.1) is 18.6 Å². The molecule has 0 atom stereocenters. The van der Waals surface area contributed by atoms with Crippen molar-refractivity contribution in [2.45, 2.75) is 27.0 Å². The number of aromatic nitrogens is 5. The van der Waals surface area contributed by atoms with E-state index in [9.17, 15) is 4.79 Å². The number of nitrogens with zero attached hydrogens (tertiary/aromatic N) is 4. The fraction of sp³-hybridized carbons (Fsp3) is 0.190. The smallest absolute Gasteiger partial charge is 0.257 e. The predicted octanol–water partition coefficient (Wildman–Crippen LogP) is 5.15. The number of allylic oxidation sites excluding steroid dienone is 1. The third-order valence-corrected chi connectivity index (χ3v) is 6.64. The average Bonchev–Trinajstić information content (AvgIpc) is 3.46. The number of thiazole rings is 2. The summed E-state index contributed by atoms with van der Waals surface area (Å²) in [6, 6.07) is 7.02. The molecule has 3 heterocycles. The van der Waals surface area contributed by atoms with E-state index < -0.39 is 0 Å². The molecule has 0 aliphatic carbocycles. The van der Waals surface area contributed by atoms with Crippen molar-refractivity contribution >= 4 is 45.9 Å². The third kappa shape index (κ3) is 4.85. The van der Waals surface area contributed by atoms with E-state index in [1.54, 1.807) is 35.6 Å². The number of aryl methyl sites for hydroxylation is 2. The zero-order valence-corrected chi connectivity index (χ0v) is 19.9. The fourth-order valence-electron chi connectivity index (χ4n) is 2.98. The maximum Gasteiger partial charge on any atom is 0.257 e. The number of hydrogen-bond acceptors (Lipinski definition) is 8. The Hall–Kier alpha value is -3.15. The molecule has 0 fully saturated rings. The molecule has 4 rings (SSSR count). The first-order valence-electron chi connectivity index (χ1n) is 9.63. The predicted molar refractivity (Wildman–Crippen MR) is 129 cm³/mol. The number of H-pyrrole nitrogens is 1. The first-order chi connectivity index (χ1) is 15.4. The monoisotopic (exact) mass is 484 g/mol. The second-order valence-corrected chi connectivity index (χ2v) is 9.26. The summed E-state index contributed by atoms with van der Waals surface area (Å²) in [6.07, 6.45) is 1.75. The van der Waals surface area contributed by atoms with Crippen molar-refractivity contribution in [3.8, 4) is 16.5 Å². The molecule has 11 heteroatoms. The van der Waals surface area contributed by atoms with Gasteiger partial charge in [0.2, 0.25) is 0 Å². The minimum Gasteiger partial charge on any atom is -0.487 e. The zero-order valence-electron chi connectivity index (χ0n) is 17.4. The minimum atomic E-state index is -0.273. The van der Waals surface area contributed by atoms with Gasteiger partial charge in [-0.05, 0) is 44.3 Å². The lowest BCUT2D eigenvalue weighted by Gasteiger charge is -2.07. The summed E-state index contributed by atoms with van der Waals surface area (Å²) in [5, 5.41) is 13.4. The number of amides is 1. The standard InChI is InChI=1S/C21H20N6O2S3/c1-4-8-27-18(25-26-21(27)30)17-12(2)22-20(32-17)24-19(28)14-6-5-7-16(9-14)29-10-15-11-31-13(3)23-15/h4-7,9,11H,1,8,10H2,2-3H3,(H,26,30)(H,22,24,28). The second kappa shape index (κ2) is 9.55. The molecular weight excluding hydrogens is 464 g/mol. The Balaban J connectivity index is 1.48. The van der Waals surface area contributed by atoms with E-state index in [4.69, 9.17) is 17.0 Å². The van der Waals surface area contributed by atoms with Crippen molar-refractivity contribution in [3.63, 3.8) is 0 Å². The molecule has 32 heavy (non-hydrogen) atoms. The van der Waals surface area contributed by atoms with E-state index in [1.165, 1.54) is 11.3 Å². The number of benzene rings is 1. The molecule has 0 radical (unpaired) electrons. The van der Waals surface area contributed by atoms with Crippen LogP contribution >= 0.6 is 34.9 Å². The number of carbonyl (C=O) groups is 1. The molecule has 1 amide bonds. The Labute approximate surface area is 197 Å². The Morgan fingerprint density at radius 2 is 2.22 bits per heavy atom. The summed E-state index contributed by atoms with van der Waals surface area (Å²) in [4.78, 5) is 22.5. The van der Waals surface area contributed by atoms with Crippen LogP contribution < -0.4 is 10.1 Å². The van der Waals surface area contributed by atoms with Crippen LogP contribution in [0.1, 0.15) is 26.8 Å². The lowest BCUT2D eigenvalue weighted by atomic mass is 10.2. The fourth-order valence-corrected chi connectivity index (χ4v) is 4.74. The molecule has 164 valence electrons. The second-order valence-electron chi connectivity index (χ2n) is 6.81. The zero-order chi connectivity index (χ0) is 22.7. The molecule has 4 aromatic rings. The first-order valence-corrected chi connectivity index (χ1v) is 11.7. The lowest BCUT2D eigenvalue weighted by molar-refractivity contribution is 0.102. The topological polar surface area (TPSA) is 97.7 Å². The van der Waals surface area contributed by atoms with Gasteiger partial charge in [-0.2, -0.15) is 5.10 Å². The Kier molecular flexibility index (Phi) is 6.58. The van der Waals surface area contributed by atoms with Crippen molar-refractivity contribution in [2.75, 3.05) is 5.32 Å². The molecule has 8 nitrogen and oxygen atoms in total. The van der Waals surface area contributed by atoms with Crippen LogP contribution in [0.25, 0.3) is 10.7 Å². The van der Waals surface area contributed by atoms with Gasteiger partial charge < -0.3 is 4.74 Å². The van der Waals surface area contributed by atoms with E-state index in [1.807, 2.05) is 29.9 Å². The van der Waals surface area contributed by atoms with Gasteiger partial charge in [0.25, 0.3) is 5.91 Å². The SMILES string of the molecule is C=CCn1c(-c2sc(NC(=O)c3cccc(OCc4csc(C)n4)c3)nc2C)n[nH]c1=S. The Morgan fingerprint density at radius 1 is 1.38 bits per heavy atom. The van der Waals surface area contributed by atoms with Gasteiger partial charge in [-0.15, -0.1) is 17.9 Å².